The molecule has 1 aliphatic heterocycles. The van der Waals surface area contributed by atoms with Gasteiger partial charge in [-0.1, -0.05) is 6.92 Å². The predicted octanol–water partition coefficient (Wildman–Crippen LogP) is 1.24. The third kappa shape index (κ3) is 5.22. The van der Waals surface area contributed by atoms with Crippen molar-refractivity contribution in [1.82, 2.24) is 10.2 Å². The quantitative estimate of drug-likeness (QED) is 0.687. The maximum atomic E-state index is 9.52. The maximum absolute atomic E-state index is 9.52. The molecule has 1 atom stereocenters. The van der Waals surface area contributed by atoms with Crippen molar-refractivity contribution in [3.05, 3.63) is 0 Å². The van der Waals surface area contributed by atoms with Gasteiger partial charge in [0, 0.05) is 25.7 Å². The molecule has 1 unspecified atom stereocenters. The fraction of sp³-hybridized carbons (Fsp3) is 1.00. The van der Waals surface area contributed by atoms with Gasteiger partial charge in [-0.3, -0.25) is 0 Å². The largest absolute Gasteiger partial charge is 0.394 e. The van der Waals surface area contributed by atoms with E-state index < -0.39 is 0 Å². The SMILES string of the molecule is CCCNC(C)(CO)CCN1CCC(OC)CC1. The van der Waals surface area contributed by atoms with Crippen LogP contribution >= 0.6 is 0 Å². The van der Waals surface area contributed by atoms with Crippen molar-refractivity contribution in [2.75, 3.05) is 39.9 Å². The minimum absolute atomic E-state index is 0.131. The fourth-order valence-electron chi connectivity index (χ4n) is 2.42. The Morgan fingerprint density at radius 1 is 1.39 bits per heavy atom. The van der Waals surface area contributed by atoms with Crippen molar-refractivity contribution in [3.8, 4) is 0 Å². The molecule has 0 spiro atoms. The highest BCUT2D eigenvalue weighted by molar-refractivity contribution is 4.84. The molecule has 1 saturated heterocycles. The molecule has 0 radical (unpaired) electrons. The number of hydrogen-bond donors (Lipinski definition) is 2. The molecule has 108 valence electrons. The lowest BCUT2D eigenvalue weighted by Gasteiger charge is -2.35. The number of hydrogen-bond acceptors (Lipinski definition) is 4. The third-order valence-corrected chi connectivity index (χ3v) is 4.00. The molecule has 0 bridgehead atoms. The smallest absolute Gasteiger partial charge is 0.0611 e. The Balaban J connectivity index is 2.26. The van der Waals surface area contributed by atoms with Crippen LogP contribution in [0, 0.1) is 0 Å². The van der Waals surface area contributed by atoms with Gasteiger partial charge >= 0.3 is 0 Å². The molecular formula is C14H30N2O2. The highest BCUT2D eigenvalue weighted by Gasteiger charge is 2.25. The zero-order chi connectivity index (χ0) is 13.4. The molecule has 1 heterocycles. The van der Waals surface area contributed by atoms with Gasteiger partial charge in [-0.2, -0.15) is 0 Å². The lowest BCUT2D eigenvalue weighted by atomic mass is 9.97. The summed E-state index contributed by atoms with van der Waals surface area (Å²) in [5.74, 6) is 0. The minimum atomic E-state index is -0.131. The number of likely N-dealkylation sites (tertiary alicyclic amines) is 1. The summed E-state index contributed by atoms with van der Waals surface area (Å²) in [6, 6.07) is 0. The number of nitrogens with zero attached hydrogens (tertiary/aromatic N) is 1. The maximum Gasteiger partial charge on any atom is 0.0611 e. The van der Waals surface area contributed by atoms with Gasteiger partial charge in [-0.05, 0) is 45.7 Å². The topological polar surface area (TPSA) is 44.7 Å². The summed E-state index contributed by atoms with van der Waals surface area (Å²) >= 11 is 0. The second kappa shape index (κ2) is 8.10. The number of methoxy groups -OCH3 is 1. The number of piperidine rings is 1. The Hall–Kier alpha value is -0.160. The van der Waals surface area contributed by atoms with E-state index >= 15 is 0 Å². The molecule has 1 aliphatic rings. The van der Waals surface area contributed by atoms with Crippen LogP contribution in [0.4, 0.5) is 0 Å². The van der Waals surface area contributed by atoms with Crippen molar-refractivity contribution < 1.29 is 9.84 Å². The molecule has 2 N–H and O–H groups in total. The first-order valence-electron chi connectivity index (χ1n) is 7.24. The van der Waals surface area contributed by atoms with Gasteiger partial charge in [0.25, 0.3) is 0 Å². The van der Waals surface area contributed by atoms with E-state index in [1.807, 2.05) is 0 Å². The summed E-state index contributed by atoms with van der Waals surface area (Å²) in [6.07, 6.45) is 4.82. The van der Waals surface area contributed by atoms with Crippen LogP contribution in [0.3, 0.4) is 0 Å². The standard InChI is InChI=1S/C14H30N2O2/c1-4-8-15-14(2,12-17)7-11-16-9-5-13(18-3)6-10-16/h13,15,17H,4-12H2,1-3H3. The first-order valence-corrected chi connectivity index (χ1v) is 7.24. The van der Waals surface area contributed by atoms with Crippen molar-refractivity contribution in [3.63, 3.8) is 0 Å². The number of rotatable bonds is 8. The minimum Gasteiger partial charge on any atom is -0.394 e. The normalized spacial score (nSPS) is 22.0. The van der Waals surface area contributed by atoms with Crippen LogP contribution in [-0.4, -0.2) is 61.5 Å². The van der Waals surface area contributed by atoms with E-state index in [1.165, 1.54) is 0 Å². The number of ether oxygens (including phenoxy) is 1. The molecule has 18 heavy (non-hydrogen) atoms. The Labute approximate surface area is 112 Å². The van der Waals surface area contributed by atoms with Gasteiger partial charge in [0.1, 0.15) is 0 Å². The van der Waals surface area contributed by atoms with Crippen molar-refractivity contribution in [1.29, 1.82) is 0 Å². The van der Waals surface area contributed by atoms with Gasteiger partial charge < -0.3 is 20.1 Å². The summed E-state index contributed by atoms with van der Waals surface area (Å²) < 4.78 is 5.38. The molecule has 1 fully saturated rings. The second-order valence-corrected chi connectivity index (χ2v) is 5.67. The summed E-state index contributed by atoms with van der Waals surface area (Å²) in [5, 5.41) is 13.0. The number of aliphatic hydroxyl groups excluding tert-OH is 1. The third-order valence-electron chi connectivity index (χ3n) is 4.00. The van der Waals surface area contributed by atoms with Crippen LogP contribution in [-0.2, 0) is 4.74 Å². The second-order valence-electron chi connectivity index (χ2n) is 5.67. The summed E-state index contributed by atoms with van der Waals surface area (Å²) in [6.45, 7) is 8.75. The van der Waals surface area contributed by atoms with Gasteiger partial charge in [0.05, 0.1) is 12.7 Å². The van der Waals surface area contributed by atoms with E-state index in [0.717, 1.165) is 51.9 Å². The van der Waals surface area contributed by atoms with Crippen molar-refractivity contribution in [2.45, 2.75) is 51.2 Å². The molecule has 0 amide bonds. The summed E-state index contributed by atoms with van der Waals surface area (Å²) in [7, 11) is 1.80. The Kier molecular flexibility index (Phi) is 7.15. The average molecular weight is 258 g/mol. The molecule has 4 heteroatoms. The van der Waals surface area contributed by atoms with Crippen LogP contribution in [0.1, 0.15) is 39.5 Å². The van der Waals surface area contributed by atoms with E-state index in [2.05, 4.69) is 24.1 Å². The summed E-state index contributed by atoms with van der Waals surface area (Å²) in [5.41, 5.74) is -0.131. The van der Waals surface area contributed by atoms with E-state index in [4.69, 9.17) is 4.74 Å². The fourth-order valence-corrected chi connectivity index (χ4v) is 2.42. The van der Waals surface area contributed by atoms with Crippen LogP contribution in [0.2, 0.25) is 0 Å². The first kappa shape index (κ1) is 15.9. The van der Waals surface area contributed by atoms with E-state index in [9.17, 15) is 5.11 Å². The zero-order valence-electron chi connectivity index (χ0n) is 12.2. The Bertz CT molecular complexity index is 218. The zero-order valence-corrected chi connectivity index (χ0v) is 12.2. The highest BCUT2D eigenvalue weighted by Crippen LogP contribution is 2.16. The van der Waals surface area contributed by atoms with Crippen molar-refractivity contribution >= 4 is 0 Å². The van der Waals surface area contributed by atoms with Crippen LogP contribution < -0.4 is 5.32 Å². The molecular weight excluding hydrogens is 228 g/mol. The lowest BCUT2D eigenvalue weighted by Crippen LogP contribution is -2.49. The lowest BCUT2D eigenvalue weighted by molar-refractivity contribution is 0.0368. The van der Waals surface area contributed by atoms with Gasteiger partial charge in [-0.15, -0.1) is 0 Å². The van der Waals surface area contributed by atoms with Crippen LogP contribution in [0.5, 0.6) is 0 Å². The van der Waals surface area contributed by atoms with E-state index in [-0.39, 0.29) is 12.1 Å². The average Bonchev–Trinajstić information content (AvgIpc) is 2.43. The molecule has 4 nitrogen and oxygen atoms in total. The Morgan fingerprint density at radius 3 is 2.56 bits per heavy atom. The number of aliphatic hydroxyl groups is 1. The molecule has 0 aliphatic carbocycles. The summed E-state index contributed by atoms with van der Waals surface area (Å²) in [4.78, 5) is 2.48. The van der Waals surface area contributed by atoms with E-state index in [1.54, 1.807) is 7.11 Å². The molecule has 0 aromatic rings. The molecule has 0 saturated carbocycles. The van der Waals surface area contributed by atoms with E-state index in [0.29, 0.717) is 6.10 Å². The predicted molar refractivity (Wildman–Crippen MR) is 74.9 cm³/mol. The van der Waals surface area contributed by atoms with Crippen LogP contribution in [0.15, 0.2) is 0 Å². The highest BCUT2D eigenvalue weighted by atomic mass is 16.5. The van der Waals surface area contributed by atoms with Gasteiger partial charge in [0.2, 0.25) is 0 Å². The van der Waals surface area contributed by atoms with Crippen LogP contribution in [0.25, 0.3) is 0 Å². The molecule has 1 rings (SSSR count). The monoisotopic (exact) mass is 258 g/mol. The molecule has 0 aromatic carbocycles. The van der Waals surface area contributed by atoms with Gasteiger partial charge in [-0.25, -0.2) is 0 Å². The number of nitrogens with one attached hydrogen (secondary N) is 1. The Morgan fingerprint density at radius 2 is 2.06 bits per heavy atom. The van der Waals surface area contributed by atoms with Gasteiger partial charge in [0.15, 0.2) is 0 Å². The van der Waals surface area contributed by atoms with Crippen molar-refractivity contribution in [2.24, 2.45) is 0 Å². The molecule has 0 aromatic heterocycles. The first-order chi connectivity index (χ1) is 8.63.